The number of piperazine rings is 1. The minimum absolute atomic E-state index is 0.209. The van der Waals surface area contributed by atoms with Crippen LogP contribution in [0.3, 0.4) is 0 Å². The van der Waals surface area contributed by atoms with E-state index in [1.54, 1.807) is 12.1 Å². The lowest BCUT2D eigenvalue weighted by atomic mass is 10.0. The van der Waals surface area contributed by atoms with Gasteiger partial charge in [0.1, 0.15) is 12.4 Å². The maximum atomic E-state index is 14.8. The third kappa shape index (κ3) is 6.06. The number of carbonyl (C=O) groups is 1. The summed E-state index contributed by atoms with van der Waals surface area (Å²) in [5, 5.41) is 9.07. The van der Waals surface area contributed by atoms with Crippen LogP contribution >= 0.6 is 0 Å². The van der Waals surface area contributed by atoms with Crippen LogP contribution in [0.1, 0.15) is 25.8 Å². The molecule has 2 fully saturated rings. The Morgan fingerprint density at radius 3 is 2.47 bits per heavy atom. The van der Waals surface area contributed by atoms with Crippen molar-refractivity contribution in [1.29, 1.82) is 0 Å². The molecule has 0 spiro atoms. The second-order valence-electron chi connectivity index (χ2n) is 7.81. The van der Waals surface area contributed by atoms with Gasteiger partial charge >= 0.3 is 6.09 Å². The van der Waals surface area contributed by atoms with E-state index in [2.05, 4.69) is 28.0 Å². The summed E-state index contributed by atoms with van der Waals surface area (Å²) in [6.07, 6.45) is 8.51. The molecule has 0 saturated carbocycles. The number of ether oxygens (including phenoxy) is 1. The van der Waals surface area contributed by atoms with Gasteiger partial charge in [0.25, 0.3) is 0 Å². The molecule has 7 heteroatoms. The molecule has 3 aliphatic rings. The summed E-state index contributed by atoms with van der Waals surface area (Å²) in [4.78, 5) is 17.8. The van der Waals surface area contributed by atoms with Crippen molar-refractivity contribution in [3.05, 3.63) is 59.5 Å². The molecule has 0 bridgehead atoms. The van der Waals surface area contributed by atoms with Gasteiger partial charge in [0, 0.05) is 44.8 Å². The van der Waals surface area contributed by atoms with E-state index in [4.69, 9.17) is 9.84 Å². The number of benzene rings is 1. The number of halogens is 1. The first-order valence-electron chi connectivity index (χ1n) is 11.5. The molecule has 1 amide bonds. The second kappa shape index (κ2) is 11.9. The van der Waals surface area contributed by atoms with Crippen molar-refractivity contribution in [2.24, 2.45) is 0 Å². The Hall–Kier alpha value is -2.48. The second-order valence-corrected chi connectivity index (χ2v) is 7.81. The standard InChI is InChI=1S/C23H28FN3O3.C2H6/c24-22-16-20(27-13-15-30-23(27)29)6-7-21(22)19-3-1-2-18(4-5-19)17-26-10-8-25(9-11-26)12-14-28;1-2/h1-2,4-7,16,28H,3,8-15,17H2;1-2H3. The van der Waals surface area contributed by atoms with Crippen LogP contribution in [0.25, 0.3) is 5.57 Å². The number of allylic oxidation sites excluding steroid dienone is 4. The largest absolute Gasteiger partial charge is 0.447 e. The molecule has 0 radical (unpaired) electrons. The summed E-state index contributed by atoms with van der Waals surface area (Å²) in [6.45, 7) is 10.5. The van der Waals surface area contributed by atoms with Gasteiger partial charge in [-0.2, -0.15) is 0 Å². The minimum atomic E-state index is -0.427. The van der Waals surface area contributed by atoms with Crippen LogP contribution in [-0.2, 0) is 4.74 Å². The van der Waals surface area contributed by atoms with Crippen LogP contribution in [0.15, 0.2) is 48.1 Å². The van der Waals surface area contributed by atoms with E-state index in [1.807, 2.05) is 19.9 Å². The van der Waals surface area contributed by atoms with Crippen molar-refractivity contribution < 1.29 is 19.0 Å². The molecule has 0 atom stereocenters. The van der Waals surface area contributed by atoms with E-state index in [-0.39, 0.29) is 12.4 Å². The molecule has 6 nitrogen and oxygen atoms in total. The fraction of sp³-hybridized carbons (Fsp3) is 0.480. The van der Waals surface area contributed by atoms with Gasteiger partial charge in [-0.15, -0.1) is 0 Å². The quantitative estimate of drug-likeness (QED) is 0.727. The number of aliphatic hydroxyl groups is 1. The summed E-state index contributed by atoms with van der Waals surface area (Å²) in [6, 6.07) is 4.93. The highest BCUT2D eigenvalue weighted by molar-refractivity contribution is 5.89. The van der Waals surface area contributed by atoms with E-state index in [9.17, 15) is 9.18 Å². The summed E-state index contributed by atoms with van der Waals surface area (Å²) in [5.74, 6) is -0.330. The Kier molecular flexibility index (Phi) is 9.02. The zero-order chi connectivity index (χ0) is 22.9. The molecule has 1 N–H and O–H groups in total. The molecule has 2 aliphatic heterocycles. The Balaban J connectivity index is 0.00000141. The van der Waals surface area contributed by atoms with Gasteiger partial charge in [-0.05, 0) is 35.8 Å². The number of nitrogens with zero attached hydrogens (tertiary/aromatic N) is 3. The summed E-state index contributed by atoms with van der Waals surface area (Å²) >= 11 is 0. The predicted octanol–water partition coefficient (Wildman–Crippen LogP) is 3.69. The molecule has 174 valence electrons. The first-order valence-corrected chi connectivity index (χ1v) is 11.5. The number of rotatable bonds is 6. The van der Waals surface area contributed by atoms with Crippen molar-refractivity contribution in [3.63, 3.8) is 0 Å². The molecule has 2 saturated heterocycles. The van der Waals surface area contributed by atoms with Crippen LogP contribution in [0, 0.1) is 5.82 Å². The van der Waals surface area contributed by atoms with Crippen LogP contribution < -0.4 is 4.90 Å². The highest BCUT2D eigenvalue weighted by Crippen LogP contribution is 2.29. The molecule has 2 heterocycles. The maximum Gasteiger partial charge on any atom is 0.414 e. The first kappa shape index (κ1) is 24.2. The number of aliphatic hydroxyl groups excluding tert-OH is 1. The van der Waals surface area contributed by atoms with E-state index in [1.165, 1.54) is 16.5 Å². The van der Waals surface area contributed by atoms with Crippen LogP contribution in [0.4, 0.5) is 14.9 Å². The SMILES string of the molecule is CC.O=C1OCCN1c1ccc(C2=CC=C(CN3CCN(CCO)CC3)C=CC2)c(F)c1. The van der Waals surface area contributed by atoms with Gasteiger partial charge in [-0.1, -0.05) is 38.2 Å². The number of β-amino-alcohol motifs (C(OH)–C–C–N with tert-alkyl or cyclic N) is 1. The third-order valence-electron chi connectivity index (χ3n) is 5.83. The van der Waals surface area contributed by atoms with E-state index in [0.717, 1.165) is 44.8 Å². The molecular formula is C25H34FN3O3. The maximum absolute atomic E-state index is 14.8. The fourth-order valence-electron chi connectivity index (χ4n) is 4.10. The Morgan fingerprint density at radius 1 is 1.06 bits per heavy atom. The summed E-state index contributed by atoms with van der Waals surface area (Å²) in [7, 11) is 0. The topological polar surface area (TPSA) is 56.2 Å². The normalized spacial score (nSPS) is 19.6. The van der Waals surface area contributed by atoms with Gasteiger partial charge in [0.2, 0.25) is 0 Å². The molecule has 0 aromatic heterocycles. The predicted molar refractivity (Wildman–Crippen MR) is 126 cm³/mol. The van der Waals surface area contributed by atoms with Crippen molar-refractivity contribution in [2.75, 3.05) is 63.9 Å². The van der Waals surface area contributed by atoms with E-state index in [0.29, 0.717) is 30.8 Å². The monoisotopic (exact) mass is 443 g/mol. The molecule has 32 heavy (non-hydrogen) atoms. The number of carbonyl (C=O) groups excluding carboxylic acids is 1. The highest BCUT2D eigenvalue weighted by atomic mass is 19.1. The Bertz CT molecular complexity index is 873. The van der Waals surface area contributed by atoms with Crippen LogP contribution in [0.5, 0.6) is 0 Å². The van der Waals surface area contributed by atoms with Crippen molar-refractivity contribution in [3.8, 4) is 0 Å². The first-order chi connectivity index (χ1) is 15.6. The number of cyclic esters (lactones) is 1. The van der Waals surface area contributed by atoms with Crippen molar-refractivity contribution in [1.82, 2.24) is 9.80 Å². The van der Waals surface area contributed by atoms with Gasteiger partial charge in [-0.25, -0.2) is 9.18 Å². The molecule has 4 rings (SSSR count). The van der Waals surface area contributed by atoms with E-state index < -0.39 is 6.09 Å². The third-order valence-corrected chi connectivity index (χ3v) is 5.83. The average molecular weight is 444 g/mol. The zero-order valence-corrected chi connectivity index (χ0v) is 19.1. The van der Waals surface area contributed by atoms with Crippen LogP contribution in [0.2, 0.25) is 0 Å². The Morgan fingerprint density at radius 2 is 1.81 bits per heavy atom. The molecule has 1 aromatic carbocycles. The smallest absolute Gasteiger partial charge is 0.414 e. The molecular weight excluding hydrogens is 409 g/mol. The fourth-order valence-corrected chi connectivity index (χ4v) is 4.10. The molecule has 0 unspecified atom stereocenters. The lowest BCUT2D eigenvalue weighted by Crippen LogP contribution is -2.47. The lowest BCUT2D eigenvalue weighted by molar-refractivity contribution is 0.119. The number of hydrogen-bond donors (Lipinski definition) is 1. The van der Waals surface area contributed by atoms with Crippen molar-refractivity contribution in [2.45, 2.75) is 20.3 Å². The van der Waals surface area contributed by atoms with E-state index >= 15 is 0 Å². The molecule has 1 aliphatic carbocycles. The Labute approximate surface area is 190 Å². The molecule has 1 aromatic rings. The van der Waals surface area contributed by atoms with Gasteiger partial charge < -0.3 is 9.84 Å². The highest BCUT2D eigenvalue weighted by Gasteiger charge is 2.24. The summed E-state index contributed by atoms with van der Waals surface area (Å²) < 4.78 is 19.8. The van der Waals surface area contributed by atoms with Gasteiger partial charge in [0.15, 0.2) is 0 Å². The lowest BCUT2D eigenvalue weighted by Gasteiger charge is -2.34. The zero-order valence-electron chi connectivity index (χ0n) is 19.1. The summed E-state index contributed by atoms with van der Waals surface area (Å²) in [5.41, 5.74) is 3.21. The number of amides is 1. The number of hydrogen-bond acceptors (Lipinski definition) is 5. The minimum Gasteiger partial charge on any atom is -0.447 e. The average Bonchev–Trinajstić information content (AvgIpc) is 3.11. The van der Waals surface area contributed by atoms with Crippen LogP contribution in [-0.4, -0.2) is 80.0 Å². The van der Waals surface area contributed by atoms with Crippen molar-refractivity contribution >= 4 is 17.4 Å². The number of anilines is 1. The van der Waals surface area contributed by atoms with Gasteiger partial charge in [0.05, 0.1) is 18.8 Å². The van der Waals surface area contributed by atoms with Gasteiger partial charge in [-0.3, -0.25) is 14.7 Å².